The van der Waals surface area contributed by atoms with Gasteiger partial charge in [0.05, 0.1) is 11.4 Å². The molecule has 0 atom stereocenters. The fraction of sp³-hybridized carbons (Fsp3) is 0.111. The van der Waals surface area contributed by atoms with E-state index in [0.29, 0.717) is 15.7 Å². The zero-order chi connectivity index (χ0) is 17.8. The normalized spacial score (nSPS) is 15.9. The lowest BCUT2D eigenvalue weighted by Crippen LogP contribution is -2.32. The summed E-state index contributed by atoms with van der Waals surface area (Å²) >= 11 is 8.98. The second kappa shape index (κ2) is 8.25. The van der Waals surface area contributed by atoms with E-state index < -0.39 is 0 Å². The fourth-order valence-corrected chi connectivity index (χ4v) is 3.74. The van der Waals surface area contributed by atoms with E-state index in [4.69, 9.17) is 16.3 Å². The summed E-state index contributed by atoms with van der Waals surface area (Å²) in [5, 5.41) is 0.348. The molecule has 2 aromatic rings. The number of halogens is 2. The highest BCUT2D eigenvalue weighted by molar-refractivity contribution is 14.1. The molecule has 7 heteroatoms. The molecule has 0 spiro atoms. The third kappa shape index (κ3) is 4.56. The van der Waals surface area contributed by atoms with Crippen LogP contribution < -0.4 is 4.74 Å². The minimum absolute atomic E-state index is 0.205. The minimum atomic E-state index is -0.283. The van der Waals surface area contributed by atoms with Gasteiger partial charge in [0, 0.05) is 8.59 Å². The molecule has 2 aromatic carbocycles. The molecule has 0 aromatic heterocycles. The molecule has 1 fully saturated rings. The van der Waals surface area contributed by atoms with Gasteiger partial charge in [-0.05, 0) is 76.3 Å². The van der Waals surface area contributed by atoms with E-state index in [9.17, 15) is 9.59 Å². The molecule has 0 N–H and O–H groups in total. The van der Waals surface area contributed by atoms with Gasteiger partial charge in [-0.15, -0.1) is 0 Å². The van der Waals surface area contributed by atoms with Crippen molar-refractivity contribution in [3.8, 4) is 5.75 Å². The lowest BCUT2D eigenvalue weighted by atomic mass is 10.2. The average Bonchev–Trinajstić information content (AvgIpc) is 2.86. The zero-order valence-electron chi connectivity index (χ0n) is 12.9. The van der Waals surface area contributed by atoms with E-state index in [1.807, 2.05) is 24.3 Å². The molecule has 1 saturated heterocycles. The Bertz CT molecular complexity index is 838. The highest BCUT2D eigenvalue weighted by Crippen LogP contribution is 2.32. The Labute approximate surface area is 168 Å². The van der Waals surface area contributed by atoms with Gasteiger partial charge in [-0.3, -0.25) is 14.5 Å². The Morgan fingerprint density at radius 3 is 2.56 bits per heavy atom. The molecular formula is C18H13ClINO3S. The zero-order valence-corrected chi connectivity index (χ0v) is 16.7. The van der Waals surface area contributed by atoms with Crippen LogP contribution in [0.5, 0.6) is 5.75 Å². The van der Waals surface area contributed by atoms with Crippen LogP contribution in [0.2, 0.25) is 5.02 Å². The van der Waals surface area contributed by atoms with Crippen molar-refractivity contribution < 1.29 is 14.3 Å². The number of hydrogen-bond acceptors (Lipinski definition) is 4. The summed E-state index contributed by atoms with van der Waals surface area (Å²) in [6.45, 7) is 0.437. The first-order valence-electron chi connectivity index (χ1n) is 7.43. The number of rotatable bonds is 5. The lowest BCUT2D eigenvalue weighted by molar-refractivity contribution is -0.123. The van der Waals surface area contributed by atoms with Crippen LogP contribution in [0.3, 0.4) is 0 Å². The summed E-state index contributed by atoms with van der Waals surface area (Å²) in [6, 6.07) is 14.6. The van der Waals surface area contributed by atoms with Crippen LogP contribution in [0.25, 0.3) is 6.08 Å². The van der Waals surface area contributed by atoms with Crippen molar-refractivity contribution in [1.82, 2.24) is 4.90 Å². The maximum absolute atomic E-state index is 12.5. The lowest BCUT2D eigenvalue weighted by Gasteiger charge is -2.13. The summed E-state index contributed by atoms with van der Waals surface area (Å²) in [7, 11) is 0. The van der Waals surface area contributed by atoms with Crippen LogP contribution in [0.15, 0.2) is 53.4 Å². The summed E-state index contributed by atoms with van der Waals surface area (Å²) in [6.07, 6.45) is 1.76. The number of carbonyl (C=O) groups is 2. The number of ether oxygens (including phenoxy) is 1. The Balaban J connectivity index is 1.63. The molecule has 0 bridgehead atoms. The fourth-order valence-electron chi connectivity index (χ4n) is 2.21. The van der Waals surface area contributed by atoms with E-state index in [2.05, 4.69) is 22.6 Å². The molecule has 2 amide bonds. The monoisotopic (exact) mass is 485 g/mol. The third-order valence-electron chi connectivity index (χ3n) is 3.46. The molecule has 0 saturated carbocycles. The molecule has 25 heavy (non-hydrogen) atoms. The number of benzene rings is 2. The second-order valence-corrected chi connectivity index (χ2v) is 7.75. The molecule has 1 heterocycles. The van der Waals surface area contributed by atoms with Gasteiger partial charge in [-0.2, -0.15) is 0 Å². The maximum atomic E-state index is 12.5. The minimum Gasteiger partial charge on any atom is -0.492 e. The Hall–Kier alpha value is -1.51. The average molecular weight is 486 g/mol. The van der Waals surface area contributed by atoms with Crippen LogP contribution in [0.4, 0.5) is 4.79 Å². The molecule has 0 radical (unpaired) electrons. The third-order valence-corrected chi connectivity index (χ3v) is 5.60. The van der Waals surface area contributed by atoms with Crippen LogP contribution in [0.1, 0.15) is 5.56 Å². The van der Waals surface area contributed by atoms with Gasteiger partial charge < -0.3 is 4.74 Å². The van der Waals surface area contributed by atoms with Crippen molar-refractivity contribution in [3.63, 3.8) is 0 Å². The van der Waals surface area contributed by atoms with E-state index in [1.54, 1.807) is 30.3 Å². The first kappa shape index (κ1) is 18.3. The van der Waals surface area contributed by atoms with E-state index in [0.717, 1.165) is 20.9 Å². The molecule has 0 unspecified atom stereocenters. The van der Waals surface area contributed by atoms with Gasteiger partial charge in [-0.1, -0.05) is 29.8 Å². The standard InChI is InChI=1S/C18H13ClINO3S/c19-13-5-7-14(8-6-13)24-10-9-21-17(22)16(25-18(21)23)11-12-3-1-2-4-15(12)20/h1-8,11H,9-10H2/b16-11-. The number of thioether (sulfide) groups is 1. The quantitative estimate of drug-likeness (QED) is 0.439. The first-order chi connectivity index (χ1) is 12.0. The van der Waals surface area contributed by atoms with Crippen LogP contribution in [-0.2, 0) is 4.79 Å². The molecular weight excluding hydrogens is 473 g/mol. The van der Waals surface area contributed by atoms with Crippen LogP contribution in [-0.4, -0.2) is 29.2 Å². The van der Waals surface area contributed by atoms with Crippen LogP contribution in [0, 0.1) is 3.57 Å². The molecule has 1 aliphatic rings. The van der Waals surface area contributed by atoms with Crippen molar-refractivity contribution in [2.45, 2.75) is 0 Å². The Kier molecular flexibility index (Phi) is 6.03. The maximum Gasteiger partial charge on any atom is 0.293 e. The smallest absolute Gasteiger partial charge is 0.293 e. The summed E-state index contributed by atoms with van der Waals surface area (Å²) in [4.78, 5) is 26.2. The number of carbonyl (C=O) groups excluding carboxylic acids is 2. The Morgan fingerprint density at radius 1 is 1.12 bits per heavy atom. The molecule has 1 aliphatic heterocycles. The number of hydrogen-bond donors (Lipinski definition) is 0. The number of imide groups is 1. The Morgan fingerprint density at radius 2 is 1.84 bits per heavy atom. The van der Waals surface area contributed by atoms with Gasteiger partial charge in [0.1, 0.15) is 12.4 Å². The highest BCUT2D eigenvalue weighted by Gasteiger charge is 2.34. The number of nitrogens with zero attached hydrogens (tertiary/aromatic N) is 1. The van der Waals surface area contributed by atoms with Crippen molar-refractivity contribution in [1.29, 1.82) is 0 Å². The van der Waals surface area contributed by atoms with Gasteiger partial charge in [0.25, 0.3) is 11.1 Å². The predicted octanol–water partition coefficient (Wildman–Crippen LogP) is 5.06. The van der Waals surface area contributed by atoms with Crippen molar-refractivity contribution in [2.24, 2.45) is 0 Å². The van der Waals surface area contributed by atoms with Gasteiger partial charge in [0.2, 0.25) is 0 Å². The van der Waals surface area contributed by atoms with Crippen molar-refractivity contribution in [3.05, 3.63) is 67.6 Å². The predicted molar refractivity (Wildman–Crippen MR) is 109 cm³/mol. The summed E-state index contributed by atoms with van der Waals surface area (Å²) in [5.41, 5.74) is 0.922. The summed E-state index contributed by atoms with van der Waals surface area (Å²) in [5.74, 6) is 0.361. The first-order valence-corrected chi connectivity index (χ1v) is 9.70. The largest absolute Gasteiger partial charge is 0.492 e. The molecule has 128 valence electrons. The van der Waals surface area contributed by atoms with E-state index in [1.165, 1.54) is 4.90 Å². The summed E-state index contributed by atoms with van der Waals surface area (Å²) < 4.78 is 6.58. The molecule has 0 aliphatic carbocycles. The van der Waals surface area contributed by atoms with Gasteiger partial charge in [0.15, 0.2) is 0 Å². The van der Waals surface area contributed by atoms with Crippen LogP contribution >= 0.6 is 46.0 Å². The van der Waals surface area contributed by atoms with Crippen molar-refractivity contribution in [2.75, 3.05) is 13.2 Å². The number of amides is 2. The van der Waals surface area contributed by atoms with Crippen molar-refractivity contribution >= 4 is 63.2 Å². The van der Waals surface area contributed by atoms with E-state index >= 15 is 0 Å². The molecule has 4 nitrogen and oxygen atoms in total. The highest BCUT2D eigenvalue weighted by atomic mass is 127. The SMILES string of the molecule is O=C1S/C(=C\c2ccccc2I)C(=O)N1CCOc1ccc(Cl)cc1. The molecule has 3 rings (SSSR count). The van der Waals surface area contributed by atoms with Gasteiger partial charge in [-0.25, -0.2) is 0 Å². The van der Waals surface area contributed by atoms with E-state index in [-0.39, 0.29) is 24.3 Å². The second-order valence-electron chi connectivity index (χ2n) is 5.16. The topological polar surface area (TPSA) is 46.6 Å². The van der Waals surface area contributed by atoms with Gasteiger partial charge >= 0.3 is 0 Å².